The summed E-state index contributed by atoms with van der Waals surface area (Å²) in [5.41, 5.74) is 0. The van der Waals surface area contributed by atoms with Crippen molar-refractivity contribution < 1.29 is 0 Å². The quantitative estimate of drug-likeness (QED) is 0.408. The van der Waals surface area contributed by atoms with E-state index in [1.54, 1.807) is 6.34 Å². The summed E-state index contributed by atoms with van der Waals surface area (Å²) in [6.07, 6.45) is 1.74. The molecule has 1 heterocycles. The molecule has 1 N–H and O–H groups in total. The largest absolute Gasteiger partial charge is 0.375 e. The molecule has 0 aromatic rings. The Morgan fingerprint density at radius 1 is 1.67 bits per heavy atom. The molecule has 6 heavy (non-hydrogen) atoms. The van der Waals surface area contributed by atoms with Crippen molar-refractivity contribution in [1.29, 1.82) is 0 Å². The molecule has 1 aliphatic heterocycles. The van der Waals surface area contributed by atoms with Gasteiger partial charge in [-0.15, -0.1) is 0 Å². The molecule has 0 saturated heterocycles. The fourth-order valence-electron chi connectivity index (χ4n) is 0.323. The Kier molecular flexibility index (Phi) is 2.40. The van der Waals surface area contributed by atoms with Crippen molar-refractivity contribution in [2.45, 2.75) is 0 Å². The molecule has 0 aromatic heterocycles. The maximum atomic E-state index is 3.85. The molecule has 0 bridgehead atoms. The highest BCUT2D eigenvalue weighted by molar-refractivity contribution is 5.56. The van der Waals surface area contributed by atoms with E-state index in [1.807, 2.05) is 0 Å². The summed E-state index contributed by atoms with van der Waals surface area (Å²) in [6.45, 7) is 1.99. The van der Waals surface area contributed by atoms with Crippen LogP contribution < -0.4 is 11.5 Å². The molecule has 3 nitrogen and oxygen atoms in total. The minimum Gasteiger partial charge on any atom is -0.375 e. The molecule has 0 fully saturated rings. The lowest BCUT2D eigenvalue weighted by atomic mass is 10.7. The van der Waals surface area contributed by atoms with Crippen molar-refractivity contribution in [1.82, 2.24) is 11.5 Å². The molecule has 0 saturated carbocycles. The number of hydrogen-bond donors (Lipinski definition) is 1. The standard InChI is InChI=1S/C3H6N2.N/c1-2-5-3-4-1;/h3H,1-2H2,(H,4,5);. The third-order valence-corrected chi connectivity index (χ3v) is 0.568. The van der Waals surface area contributed by atoms with E-state index in [9.17, 15) is 0 Å². The van der Waals surface area contributed by atoms with Crippen molar-refractivity contribution >= 4 is 6.34 Å². The molecule has 0 amide bonds. The lowest BCUT2D eigenvalue weighted by Crippen LogP contribution is -2.04. The van der Waals surface area contributed by atoms with Crippen LogP contribution in [0.4, 0.5) is 0 Å². The van der Waals surface area contributed by atoms with Gasteiger partial charge in [-0.25, -0.2) is 0 Å². The van der Waals surface area contributed by atoms with Crippen LogP contribution in [-0.2, 0) is 0 Å². The van der Waals surface area contributed by atoms with Crippen LogP contribution in [0, 0.1) is 0 Å². The lowest BCUT2D eigenvalue weighted by Gasteiger charge is -1.75. The maximum Gasteiger partial charge on any atom is 0.0825 e. The highest BCUT2D eigenvalue weighted by atomic mass is 15.0. The van der Waals surface area contributed by atoms with Crippen molar-refractivity contribution in [2.75, 3.05) is 13.1 Å². The van der Waals surface area contributed by atoms with Gasteiger partial charge in [-0.05, 0) is 0 Å². The van der Waals surface area contributed by atoms with Gasteiger partial charge < -0.3 is 5.32 Å². The highest BCUT2D eigenvalue weighted by Crippen LogP contribution is 1.68. The Bertz CT molecular complexity index is 44.0. The molecule has 0 aromatic carbocycles. The van der Waals surface area contributed by atoms with Crippen LogP contribution in [0.3, 0.4) is 0 Å². The topological polar surface area (TPSA) is 54.9 Å². The Balaban J connectivity index is 0.000000250. The van der Waals surface area contributed by atoms with E-state index in [0.717, 1.165) is 13.1 Å². The molecule has 33 valence electrons. The first-order chi connectivity index (χ1) is 2.50. The second kappa shape index (κ2) is 2.66. The third kappa shape index (κ3) is 1.03. The van der Waals surface area contributed by atoms with Gasteiger partial charge in [0.2, 0.25) is 0 Å². The zero-order valence-corrected chi connectivity index (χ0v) is 3.39. The van der Waals surface area contributed by atoms with Crippen LogP contribution in [0.5, 0.6) is 0 Å². The minimum absolute atomic E-state index is 0. The number of nitrogens with zero attached hydrogens (tertiary/aromatic N) is 2. The average molecular weight is 84.1 g/mol. The van der Waals surface area contributed by atoms with Gasteiger partial charge in [0, 0.05) is 12.7 Å². The number of hydrogen-bond acceptors (Lipinski definition) is 2. The normalized spacial score (nSPS) is 16.0. The summed E-state index contributed by atoms with van der Waals surface area (Å²) in [4.78, 5) is 3.85. The summed E-state index contributed by atoms with van der Waals surface area (Å²) >= 11 is 0. The molecule has 3 radical (unpaired) electrons. The highest BCUT2D eigenvalue weighted by Gasteiger charge is 1.82. The summed E-state index contributed by atoms with van der Waals surface area (Å²) in [5, 5.41) is 2.93. The minimum atomic E-state index is 0. The van der Waals surface area contributed by atoms with Gasteiger partial charge in [0.15, 0.2) is 0 Å². The van der Waals surface area contributed by atoms with Crippen molar-refractivity contribution in [3.05, 3.63) is 0 Å². The van der Waals surface area contributed by atoms with E-state index in [0.29, 0.717) is 0 Å². The van der Waals surface area contributed by atoms with Crippen LogP contribution in [0.1, 0.15) is 0 Å². The van der Waals surface area contributed by atoms with Crippen LogP contribution in [-0.4, -0.2) is 19.4 Å². The third-order valence-electron chi connectivity index (χ3n) is 0.568. The van der Waals surface area contributed by atoms with E-state index in [2.05, 4.69) is 10.3 Å². The van der Waals surface area contributed by atoms with Crippen LogP contribution in [0.25, 0.3) is 0 Å². The zero-order valence-electron chi connectivity index (χ0n) is 3.39. The fourth-order valence-corrected chi connectivity index (χ4v) is 0.323. The average Bonchev–Trinajstić information content (AvgIpc) is 1.76. The zero-order chi connectivity index (χ0) is 3.54. The SMILES string of the molecule is C1=NCCN1.[N]. The first kappa shape index (κ1) is 5.43. The van der Waals surface area contributed by atoms with Gasteiger partial charge >= 0.3 is 0 Å². The van der Waals surface area contributed by atoms with E-state index < -0.39 is 0 Å². The lowest BCUT2D eigenvalue weighted by molar-refractivity contribution is 0.965. The van der Waals surface area contributed by atoms with Gasteiger partial charge in [-0.2, -0.15) is 0 Å². The molecule has 0 atom stereocenters. The van der Waals surface area contributed by atoms with Gasteiger partial charge in [-0.3, -0.25) is 4.99 Å². The van der Waals surface area contributed by atoms with Crippen molar-refractivity contribution in [3.8, 4) is 0 Å². The predicted octanol–water partition coefficient (Wildman–Crippen LogP) is -0.863. The van der Waals surface area contributed by atoms with E-state index >= 15 is 0 Å². The maximum absolute atomic E-state index is 3.85. The van der Waals surface area contributed by atoms with Gasteiger partial charge in [0.25, 0.3) is 0 Å². The Labute approximate surface area is 37.0 Å². The summed E-state index contributed by atoms with van der Waals surface area (Å²) in [5.74, 6) is 0. The molecule has 3 heteroatoms. The molecule has 0 unspecified atom stereocenters. The van der Waals surface area contributed by atoms with Gasteiger partial charge in [-0.1, -0.05) is 0 Å². The van der Waals surface area contributed by atoms with Gasteiger partial charge in [0.05, 0.1) is 12.9 Å². The molecular formula is C3H6N3. The smallest absolute Gasteiger partial charge is 0.0825 e. The summed E-state index contributed by atoms with van der Waals surface area (Å²) in [7, 11) is 0. The monoisotopic (exact) mass is 84.1 g/mol. The van der Waals surface area contributed by atoms with Gasteiger partial charge in [0.1, 0.15) is 0 Å². The first-order valence-corrected chi connectivity index (χ1v) is 1.72. The number of aliphatic imine (C=N–C) groups is 1. The second-order valence-corrected chi connectivity index (χ2v) is 0.989. The molecule has 0 aliphatic carbocycles. The van der Waals surface area contributed by atoms with E-state index in [1.165, 1.54) is 0 Å². The van der Waals surface area contributed by atoms with Crippen LogP contribution in [0.2, 0.25) is 0 Å². The predicted molar refractivity (Wildman–Crippen MR) is 23.5 cm³/mol. The number of nitrogens with one attached hydrogen (secondary N) is 1. The Morgan fingerprint density at radius 3 is 2.67 bits per heavy atom. The number of rotatable bonds is 0. The fraction of sp³-hybridized carbons (Fsp3) is 0.667. The van der Waals surface area contributed by atoms with E-state index in [4.69, 9.17) is 0 Å². The first-order valence-electron chi connectivity index (χ1n) is 1.72. The summed E-state index contributed by atoms with van der Waals surface area (Å²) in [6, 6.07) is 0. The second-order valence-electron chi connectivity index (χ2n) is 0.989. The van der Waals surface area contributed by atoms with Crippen molar-refractivity contribution in [3.63, 3.8) is 0 Å². The van der Waals surface area contributed by atoms with Crippen LogP contribution in [0.15, 0.2) is 4.99 Å². The molecule has 1 rings (SSSR count). The Hall–Kier alpha value is -0.570. The Morgan fingerprint density at radius 2 is 2.50 bits per heavy atom. The van der Waals surface area contributed by atoms with Crippen LogP contribution >= 0.6 is 0 Å². The van der Waals surface area contributed by atoms with Crippen molar-refractivity contribution in [2.24, 2.45) is 4.99 Å². The molecule has 0 spiro atoms. The molecular weight excluding hydrogens is 78.1 g/mol. The van der Waals surface area contributed by atoms with E-state index in [-0.39, 0.29) is 6.15 Å². The molecule has 1 aliphatic rings. The summed E-state index contributed by atoms with van der Waals surface area (Å²) < 4.78 is 0.